The molecule has 0 radical (unpaired) electrons. The number of likely N-dealkylation sites (N-methyl/N-ethyl adjacent to an activating group) is 1. The molecule has 1 unspecified atom stereocenters. The molecule has 1 aliphatic rings. The van der Waals surface area contributed by atoms with Gasteiger partial charge in [-0.3, -0.25) is 4.90 Å². The first-order valence-electron chi connectivity index (χ1n) is 7.05. The first-order valence-corrected chi connectivity index (χ1v) is 7.05. The van der Waals surface area contributed by atoms with Gasteiger partial charge in [0.05, 0.1) is 6.54 Å². The highest BCUT2D eigenvalue weighted by Crippen LogP contribution is 2.20. The van der Waals surface area contributed by atoms with Crippen molar-refractivity contribution in [2.75, 3.05) is 13.6 Å². The number of furan rings is 1. The van der Waals surface area contributed by atoms with Crippen molar-refractivity contribution in [1.29, 1.82) is 0 Å². The van der Waals surface area contributed by atoms with E-state index in [9.17, 15) is 0 Å². The summed E-state index contributed by atoms with van der Waals surface area (Å²) in [5, 5.41) is 3.64. The fourth-order valence-corrected chi connectivity index (χ4v) is 2.41. The van der Waals surface area contributed by atoms with Crippen molar-refractivity contribution in [3.8, 4) is 0 Å². The maximum atomic E-state index is 5.66. The van der Waals surface area contributed by atoms with Crippen LogP contribution in [0.5, 0.6) is 0 Å². The number of nitrogens with zero attached hydrogens (tertiary/aromatic N) is 1. The molecule has 0 aliphatic heterocycles. The lowest BCUT2D eigenvalue weighted by Crippen LogP contribution is -2.43. The standard InChI is InChI=1S/C15H26N2O/c1-11(2)15(9-16-13-6-7-13)17(4)10-14-8-5-12(3)18-14/h5,8,11,13,15-16H,6-7,9-10H2,1-4H3. The van der Waals surface area contributed by atoms with Gasteiger partial charge in [-0.25, -0.2) is 0 Å². The molecule has 0 saturated heterocycles. The third kappa shape index (κ3) is 3.85. The van der Waals surface area contributed by atoms with E-state index in [1.165, 1.54) is 12.8 Å². The first-order chi connectivity index (χ1) is 8.56. The van der Waals surface area contributed by atoms with Crippen LogP contribution in [-0.2, 0) is 6.54 Å². The molecule has 18 heavy (non-hydrogen) atoms. The molecule has 1 aromatic heterocycles. The van der Waals surface area contributed by atoms with Crippen LogP contribution in [0.2, 0.25) is 0 Å². The summed E-state index contributed by atoms with van der Waals surface area (Å²) < 4.78 is 5.66. The maximum Gasteiger partial charge on any atom is 0.118 e. The summed E-state index contributed by atoms with van der Waals surface area (Å²) >= 11 is 0. The molecular formula is C15H26N2O. The Balaban J connectivity index is 1.87. The molecule has 2 rings (SSSR count). The Labute approximate surface area is 111 Å². The molecule has 3 nitrogen and oxygen atoms in total. The Morgan fingerprint density at radius 1 is 1.39 bits per heavy atom. The highest BCUT2D eigenvalue weighted by atomic mass is 16.3. The van der Waals surface area contributed by atoms with E-state index in [0.29, 0.717) is 12.0 Å². The average Bonchev–Trinajstić information content (AvgIpc) is 3.02. The van der Waals surface area contributed by atoms with Gasteiger partial charge in [0.1, 0.15) is 11.5 Å². The van der Waals surface area contributed by atoms with Gasteiger partial charge in [0.15, 0.2) is 0 Å². The van der Waals surface area contributed by atoms with Crippen molar-refractivity contribution >= 4 is 0 Å². The number of hydrogen-bond donors (Lipinski definition) is 1. The zero-order valence-electron chi connectivity index (χ0n) is 12.1. The molecule has 1 atom stereocenters. The summed E-state index contributed by atoms with van der Waals surface area (Å²) in [6.07, 6.45) is 2.71. The fourth-order valence-electron chi connectivity index (χ4n) is 2.41. The summed E-state index contributed by atoms with van der Waals surface area (Å²) in [5.74, 6) is 2.71. The third-order valence-electron chi connectivity index (χ3n) is 3.73. The lowest BCUT2D eigenvalue weighted by molar-refractivity contribution is 0.167. The molecular weight excluding hydrogens is 224 g/mol. The van der Waals surface area contributed by atoms with Crippen LogP contribution < -0.4 is 5.32 Å². The van der Waals surface area contributed by atoms with E-state index in [1.807, 2.05) is 13.0 Å². The SMILES string of the molecule is Cc1ccc(CN(C)C(CNC2CC2)C(C)C)o1. The average molecular weight is 250 g/mol. The van der Waals surface area contributed by atoms with Crippen LogP contribution in [0, 0.1) is 12.8 Å². The van der Waals surface area contributed by atoms with Crippen molar-refractivity contribution < 1.29 is 4.42 Å². The maximum absolute atomic E-state index is 5.66. The zero-order valence-corrected chi connectivity index (χ0v) is 12.1. The van der Waals surface area contributed by atoms with Gasteiger partial charge in [-0.2, -0.15) is 0 Å². The van der Waals surface area contributed by atoms with Crippen molar-refractivity contribution in [1.82, 2.24) is 10.2 Å². The normalized spacial score (nSPS) is 17.7. The first kappa shape index (κ1) is 13.6. The third-order valence-corrected chi connectivity index (χ3v) is 3.73. The highest BCUT2D eigenvalue weighted by molar-refractivity contribution is 5.05. The molecule has 1 aromatic rings. The largest absolute Gasteiger partial charge is 0.465 e. The second kappa shape index (κ2) is 5.89. The lowest BCUT2D eigenvalue weighted by Gasteiger charge is -2.31. The summed E-state index contributed by atoms with van der Waals surface area (Å²) in [6.45, 7) is 8.56. The van der Waals surface area contributed by atoms with Gasteiger partial charge in [-0.1, -0.05) is 13.8 Å². The minimum Gasteiger partial charge on any atom is -0.465 e. The summed E-state index contributed by atoms with van der Waals surface area (Å²) in [7, 11) is 2.19. The topological polar surface area (TPSA) is 28.4 Å². The lowest BCUT2D eigenvalue weighted by atomic mass is 10.0. The molecule has 0 amide bonds. The second-order valence-electron chi connectivity index (χ2n) is 5.92. The molecule has 1 heterocycles. The summed E-state index contributed by atoms with van der Waals surface area (Å²) in [4.78, 5) is 2.40. The van der Waals surface area contributed by atoms with Crippen molar-refractivity contribution in [3.63, 3.8) is 0 Å². The van der Waals surface area contributed by atoms with E-state index in [-0.39, 0.29) is 0 Å². The molecule has 3 heteroatoms. The monoisotopic (exact) mass is 250 g/mol. The summed E-state index contributed by atoms with van der Waals surface area (Å²) in [5.41, 5.74) is 0. The number of aryl methyl sites for hydroxylation is 1. The van der Waals surface area contributed by atoms with E-state index >= 15 is 0 Å². The van der Waals surface area contributed by atoms with Gasteiger partial charge >= 0.3 is 0 Å². The van der Waals surface area contributed by atoms with Gasteiger partial charge in [-0.05, 0) is 44.9 Å². The Bertz CT molecular complexity index is 368. The Morgan fingerprint density at radius 3 is 2.61 bits per heavy atom. The molecule has 1 N–H and O–H groups in total. The summed E-state index contributed by atoms with van der Waals surface area (Å²) in [6, 6.07) is 5.47. The van der Waals surface area contributed by atoms with E-state index in [0.717, 1.165) is 30.7 Å². The predicted octanol–water partition coefficient (Wildman–Crippen LogP) is 2.80. The molecule has 102 valence electrons. The van der Waals surface area contributed by atoms with Crippen LogP contribution in [0.4, 0.5) is 0 Å². The van der Waals surface area contributed by atoms with Gasteiger partial charge in [0.25, 0.3) is 0 Å². The Hall–Kier alpha value is -0.800. The van der Waals surface area contributed by atoms with Crippen LogP contribution >= 0.6 is 0 Å². The van der Waals surface area contributed by atoms with Gasteiger partial charge < -0.3 is 9.73 Å². The second-order valence-corrected chi connectivity index (χ2v) is 5.92. The van der Waals surface area contributed by atoms with Crippen molar-refractivity contribution in [3.05, 3.63) is 23.7 Å². The number of nitrogens with one attached hydrogen (secondary N) is 1. The van der Waals surface area contributed by atoms with E-state index in [2.05, 4.69) is 37.2 Å². The minimum absolute atomic E-state index is 0.566. The minimum atomic E-state index is 0.566. The molecule has 0 bridgehead atoms. The van der Waals surface area contributed by atoms with Crippen LogP contribution in [0.15, 0.2) is 16.5 Å². The molecule has 0 spiro atoms. The van der Waals surface area contributed by atoms with Gasteiger partial charge in [0, 0.05) is 18.6 Å². The number of rotatable bonds is 7. The molecule has 1 aliphatic carbocycles. The van der Waals surface area contributed by atoms with E-state index in [4.69, 9.17) is 4.42 Å². The molecule has 0 aromatic carbocycles. The van der Waals surface area contributed by atoms with Gasteiger partial charge in [-0.15, -0.1) is 0 Å². The zero-order chi connectivity index (χ0) is 13.1. The Morgan fingerprint density at radius 2 is 2.11 bits per heavy atom. The van der Waals surface area contributed by atoms with Crippen molar-refractivity contribution in [2.24, 2.45) is 5.92 Å². The Kier molecular flexibility index (Phi) is 4.46. The van der Waals surface area contributed by atoms with Crippen LogP contribution in [0.1, 0.15) is 38.2 Å². The van der Waals surface area contributed by atoms with Crippen LogP contribution in [0.25, 0.3) is 0 Å². The van der Waals surface area contributed by atoms with E-state index < -0.39 is 0 Å². The van der Waals surface area contributed by atoms with Crippen LogP contribution in [-0.4, -0.2) is 30.6 Å². The van der Waals surface area contributed by atoms with Crippen molar-refractivity contribution in [2.45, 2.75) is 52.2 Å². The quantitative estimate of drug-likeness (QED) is 0.806. The molecule has 1 saturated carbocycles. The smallest absolute Gasteiger partial charge is 0.118 e. The van der Waals surface area contributed by atoms with Gasteiger partial charge in [0.2, 0.25) is 0 Å². The fraction of sp³-hybridized carbons (Fsp3) is 0.733. The van der Waals surface area contributed by atoms with E-state index in [1.54, 1.807) is 0 Å². The number of hydrogen-bond acceptors (Lipinski definition) is 3. The van der Waals surface area contributed by atoms with Crippen LogP contribution in [0.3, 0.4) is 0 Å². The predicted molar refractivity (Wildman–Crippen MR) is 74.6 cm³/mol. The molecule has 1 fully saturated rings. The highest BCUT2D eigenvalue weighted by Gasteiger charge is 2.25.